The van der Waals surface area contributed by atoms with Gasteiger partial charge in [0.25, 0.3) is 0 Å². The maximum absolute atomic E-state index is 12.4. The van der Waals surface area contributed by atoms with Crippen molar-refractivity contribution in [1.82, 2.24) is 15.6 Å². The van der Waals surface area contributed by atoms with Gasteiger partial charge in [0.15, 0.2) is 0 Å². The Hall–Kier alpha value is -2.40. The molecule has 0 radical (unpaired) electrons. The quantitative estimate of drug-likeness (QED) is 0.798. The SMILES string of the molecule is CC(C)[C@H](NC(=O)Cc1ccc(Cl)cc1)C(=O)NCc1cccnc1. The predicted octanol–water partition coefficient (Wildman–Crippen LogP) is 2.73. The van der Waals surface area contributed by atoms with Crippen molar-refractivity contribution in [3.8, 4) is 0 Å². The molecule has 2 rings (SSSR count). The molecule has 132 valence electrons. The summed E-state index contributed by atoms with van der Waals surface area (Å²) in [5.41, 5.74) is 1.76. The number of halogens is 1. The van der Waals surface area contributed by atoms with E-state index < -0.39 is 6.04 Å². The summed E-state index contributed by atoms with van der Waals surface area (Å²) < 4.78 is 0. The topological polar surface area (TPSA) is 71.1 Å². The Labute approximate surface area is 152 Å². The first-order chi connectivity index (χ1) is 12.0. The Balaban J connectivity index is 1.91. The maximum atomic E-state index is 12.4. The van der Waals surface area contributed by atoms with Crippen LogP contribution in [-0.4, -0.2) is 22.8 Å². The predicted molar refractivity (Wildman–Crippen MR) is 98.0 cm³/mol. The second kappa shape index (κ2) is 9.18. The normalized spacial score (nSPS) is 11.8. The molecule has 25 heavy (non-hydrogen) atoms. The monoisotopic (exact) mass is 359 g/mol. The van der Waals surface area contributed by atoms with E-state index in [-0.39, 0.29) is 24.2 Å². The van der Waals surface area contributed by atoms with Crippen molar-refractivity contribution in [2.24, 2.45) is 5.92 Å². The van der Waals surface area contributed by atoms with Gasteiger partial charge < -0.3 is 10.6 Å². The lowest BCUT2D eigenvalue weighted by atomic mass is 10.0. The first-order valence-electron chi connectivity index (χ1n) is 8.16. The van der Waals surface area contributed by atoms with Crippen molar-refractivity contribution in [2.45, 2.75) is 32.9 Å². The molecule has 0 saturated heterocycles. The van der Waals surface area contributed by atoms with Gasteiger partial charge in [-0.25, -0.2) is 0 Å². The first kappa shape index (κ1) is 18.9. The van der Waals surface area contributed by atoms with E-state index in [4.69, 9.17) is 11.6 Å². The molecule has 0 saturated carbocycles. The Morgan fingerprint density at radius 3 is 2.44 bits per heavy atom. The smallest absolute Gasteiger partial charge is 0.243 e. The van der Waals surface area contributed by atoms with E-state index in [1.54, 1.807) is 36.7 Å². The van der Waals surface area contributed by atoms with Crippen LogP contribution in [0.1, 0.15) is 25.0 Å². The van der Waals surface area contributed by atoms with Crippen LogP contribution >= 0.6 is 11.6 Å². The van der Waals surface area contributed by atoms with Crippen molar-refractivity contribution in [2.75, 3.05) is 0 Å². The number of carbonyl (C=O) groups excluding carboxylic acids is 2. The fraction of sp³-hybridized carbons (Fsp3) is 0.316. The number of hydrogen-bond acceptors (Lipinski definition) is 3. The number of pyridine rings is 1. The Morgan fingerprint density at radius 1 is 1.12 bits per heavy atom. The van der Waals surface area contributed by atoms with Gasteiger partial charge in [0.1, 0.15) is 6.04 Å². The van der Waals surface area contributed by atoms with Gasteiger partial charge in [0, 0.05) is 24.0 Å². The number of hydrogen-bond donors (Lipinski definition) is 2. The average Bonchev–Trinajstić information content (AvgIpc) is 2.60. The van der Waals surface area contributed by atoms with Crippen molar-refractivity contribution < 1.29 is 9.59 Å². The maximum Gasteiger partial charge on any atom is 0.243 e. The van der Waals surface area contributed by atoms with Crippen LogP contribution in [0.4, 0.5) is 0 Å². The molecule has 2 N–H and O–H groups in total. The number of benzene rings is 1. The average molecular weight is 360 g/mol. The zero-order chi connectivity index (χ0) is 18.2. The Bertz CT molecular complexity index is 702. The van der Waals surface area contributed by atoms with Crippen LogP contribution in [0.25, 0.3) is 0 Å². The van der Waals surface area contributed by atoms with Crippen LogP contribution < -0.4 is 10.6 Å². The number of aromatic nitrogens is 1. The minimum atomic E-state index is -0.587. The highest BCUT2D eigenvalue weighted by Crippen LogP contribution is 2.10. The van der Waals surface area contributed by atoms with Crippen molar-refractivity contribution >= 4 is 23.4 Å². The minimum Gasteiger partial charge on any atom is -0.350 e. The van der Waals surface area contributed by atoms with Gasteiger partial charge in [0.05, 0.1) is 6.42 Å². The van der Waals surface area contributed by atoms with E-state index in [9.17, 15) is 9.59 Å². The van der Waals surface area contributed by atoms with Crippen LogP contribution in [0.5, 0.6) is 0 Å². The Kier molecular flexibility index (Phi) is 6.95. The van der Waals surface area contributed by atoms with Crippen molar-refractivity contribution in [3.63, 3.8) is 0 Å². The molecule has 2 aromatic rings. The summed E-state index contributed by atoms with van der Waals surface area (Å²) in [4.78, 5) is 28.7. The lowest BCUT2D eigenvalue weighted by Crippen LogP contribution is -2.49. The van der Waals surface area contributed by atoms with Crippen LogP contribution in [0.3, 0.4) is 0 Å². The number of carbonyl (C=O) groups is 2. The van der Waals surface area contributed by atoms with Gasteiger partial charge in [-0.3, -0.25) is 14.6 Å². The van der Waals surface area contributed by atoms with Gasteiger partial charge in [-0.15, -0.1) is 0 Å². The van der Waals surface area contributed by atoms with E-state index in [0.29, 0.717) is 11.6 Å². The standard InChI is InChI=1S/C19H22ClN3O2/c1-13(2)18(19(25)22-12-15-4-3-9-21-11-15)23-17(24)10-14-5-7-16(20)8-6-14/h3-9,11,13,18H,10,12H2,1-2H3,(H,22,25)(H,23,24)/t18-/m0/s1. The zero-order valence-corrected chi connectivity index (χ0v) is 15.1. The highest BCUT2D eigenvalue weighted by atomic mass is 35.5. The van der Waals surface area contributed by atoms with Gasteiger partial charge >= 0.3 is 0 Å². The molecule has 1 atom stereocenters. The lowest BCUT2D eigenvalue weighted by molar-refractivity contribution is -0.129. The Morgan fingerprint density at radius 2 is 1.84 bits per heavy atom. The number of amides is 2. The third-order valence-corrected chi connectivity index (χ3v) is 3.99. The summed E-state index contributed by atoms with van der Waals surface area (Å²) in [7, 11) is 0. The fourth-order valence-corrected chi connectivity index (χ4v) is 2.47. The first-order valence-corrected chi connectivity index (χ1v) is 8.54. The second-order valence-electron chi connectivity index (χ2n) is 6.17. The molecule has 1 heterocycles. The summed E-state index contributed by atoms with van der Waals surface area (Å²) in [6.07, 6.45) is 3.58. The third kappa shape index (κ3) is 6.19. The third-order valence-electron chi connectivity index (χ3n) is 3.73. The van der Waals surface area contributed by atoms with Crippen LogP contribution in [0.2, 0.25) is 5.02 Å². The molecule has 0 aliphatic heterocycles. The molecule has 0 aliphatic rings. The van der Waals surface area contributed by atoms with E-state index in [0.717, 1.165) is 11.1 Å². The number of nitrogens with zero attached hydrogens (tertiary/aromatic N) is 1. The highest BCUT2D eigenvalue weighted by molar-refractivity contribution is 6.30. The van der Waals surface area contributed by atoms with Crippen molar-refractivity contribution in [1.29, 1.82) is 0 Å². The van der Waals surface area contributed by atoms with Gasteiger partial charge in [-0.05, 0) is 35.2 Å². The molecule has 6 heteroatoms. The molecule has 0 unspecified atom stereocenters. The zero-order valence-electron chi connectivity index (χ0n) is 14.3. The second-order valence-corrected chi connectivity index (χ2v) is 6.61. The van der Waals surface area contributed by atoms with E-state index >= 15 is 0 Å². The lowest BCUT2D eigenvalue weighted by Gasteiger charge is -2.21. The van der Waals surface area contributed by atoms with E-state index in [2.05, 4.69) is 15.6 Å². The summed E-state index contributed by atoms with van der Waals surface area (Å²) in [6, 6.07) is 10.2. The van der Waals surface area contributed by atoms with E-state index in [1.807, 2.05) is 26.0 Å². The van der Waals surface area contributed by atoms with Gasteiger partial charge in [-0.1, -0.05) is 43.6 Å². The van der Waals surface area contributed by atoms with Crippen LogP contribution in [0, 0.1) is 5.92 Å². The molecule has 5 nitrogen and oxygen atoms in total. The highest BCUT2D eigenvalue weighted by Gasteiger charge is 2.23. The largest absolute Gasteiger partial charge is 0.350 e. The summed E-state index contributed by atoms with van der Waals surface area (Å²) in [6.45, 7) is 4.18. The molecule has 2 amide bonds. The molecule has 0 fully saturated rings. The van der Waals surface area contributed by atoms with Gasteiger partial charge in [0.2, 0.25) is 11.8 Å². The molecule has 1 aromatic heterocycles. The molecular weight excluding hydrogens is 338 g/mol. The molecule has 0 aliphatic carbocycles. The number of rotatable bonds is 7. The van der Waals surface area contributed by atoms with Crippen LogP contribution in [-0.2, 0) is 22.6 Å². The van der Waals surface area contributed by atoms with Crippen molar-refractivity contribution in [3.05, 3.63) is 64.9 Å². The minimum absolute atomic E-state index is 0.0249. The summed E-state index contributed by atoms with van der Waals surface area (Å²) in [5.74, 6) is -0.427. The molecule has 0 bridgehead atoms. The summed E-state index contributed by atoms with van der Waals surface area (Å²) in [5, 5.41) is 6.29. The molecular formula is C19H22ClN3O2. The van der Waals surface area contributed by atoms with Crippen LogP contribution in [0.15, 0.2) is 48.8 Å². The molecule has 1 aromatic carbocycles. The molecule has 0 spiro atoms. The van der Waals surface area contributed by atoms with Gasteiger partial charge in [-0.2, -0.15) is 0 Å². The van der Waals surface area contributed by atoms with E-state index in [1.165, 1.54) is 0 Å². The fourth-order valence-electron chi connectivity index (χ4n) is 2.35. The number of nitrogens with one attached hydrogen (secondary N) is 2. The summed E-state index contributed by atoms with van der Waals surface area (Å²) >= 11 is 5.84.